The minimum absolute atomic E-state index is 0. The van der Waals surface area contributed by atoms with Gasteiger partial charge in [-0.2, -0.15) is 39.5 Å². The van der Waals surface area contributed by atoms with E-state index in [1.54, 1.807) is 13.8 Å². The molecule has 0 fully saturated rings. The van der Waals surface area contributed by atoms with Gasteiger partial charge in [0.2, 0.25) is 0 Å². The van der Waals surface area contributed by atoms with Crippen LogP contribution >= 0.6 is 7.82 Å². The van der Waals surface area contributed by atoms with Crippen molar-refractivity contribution in [1.29, 1.82) is 0 Å². The van der Waals surface area contributed by atoms with E-state index in [-0.39, 0.29) is 71.2 Å². The predicted octanol–water partition coefficient (Wildman–Crippen LogP) is 6.75. The third kappa shape index (κ3) is 13.6. The lowest BCUT2D eigenvalue weighted by Crippen LogP contribution is -3.00. The molecular formula is C38H37ClF10NO8P. The first-order valence-corrected chi connectivity index (χ1v) is 18.7. The Morgan fingerprint density at radius 2 is 1.36 bits per heavy atom. The van der Waals surface area contributed by atoms with Crippen molar-refractivity contribution >= 4 is 14.0 Å². The number of nitrogens with two attached hydrogens (primary N) is 1. The maximum absolute atomic E-state index is 14.9. The third-order valence-electron chi connectivity index (χ3n) is 8.79. The van der Waals surface area contributed by atoms with Gasteiger partial charge in [-0.3, -0.25) is 4.52 Å². The number of quaternary nitrogens is 1. The number of rotatable bonds is 14. The van der Waals surface area contributed by atoms with Gasteiger partial charge in [0.05, 0.1) is 30.4 Å². The molecule has 59 heavy (non-hydrogen) atoms. The molecule has 0 aliphatic heterocycles. The summed E-state index contributed by atoms with van der Waals surface area (Å²) >= 11 is 0. The van der Waals surface area contributed by atoms with Crippen LogP contribution in [-0.4, -0.2) is 35.7 Å². The summed E-state index contributed by atoms with van der Waals surface area (Å²) < 4.78 is 171. The van der Waals surface area contributed by atoms with Crippen molar-refractivity contribution in [2.24, 2.45) is 0 Å². The minimum atomic E-state index is -5.29. The van der Waals surface area contributed by atoms with Gasteiger partial charge in [0, 0.05) is 17.2 Å². The lowest BCUT2D eigenvalue weighted by atomic mass is 9.92. The summed E-state index contributed by atoms with van der Waals surface area (Å²) in [7, 11) is -3.52. The van der Waals surface area contributed by atoms with Gasteiger partial charge in [-0.05, 0) is 90.0 Å². The van der Waals surface area contributed by atoms with E-state index in [2.05, 4.69) is 4.52 Å². The zero-order valence-corrected chi connectivity index (χ0v) is 33.0. The van der Waals surface area contributed by atoms with E-state index in [1.807, 2.05) is 0 Å². The molecule has 0 unspecified atom stereocenters. The van der Waals surface area contributed by atoms with Gasteiger partial charge in [-0.15, -0.1) is 0 Å². The van der Waals surface area contributed by atoms with Gasteiger partial charge in [-0.1, -0.05) is 32.0 Å². The van der Waals surface area contributed by atoms with E-state index in [0.717, 1.165) is 24.3 Å². The summed E-state index contributed by atoms with van der Waals surface area (Å²) in [4.78, 5) is 30.8. The second kappa shape index (κ2) is 19.3. The maximum Gasteiger partial charge on any atom is 0.514 e. The number of hydrogen-bond donors (Lipinski definition) is 3. The van der Waals surface area contributed by atoms with Crippen LogP contribution in [-0.2, 0) is 45.3 Å². The molecule has 4 aromatic carbocycles. The fourth-order valence-electron chi connectivity index (χ4n) is 5.88. The highest BCUT2D eigenvalue weighted by Crippen LogP contribution is 2.41. The maximum atomic E-state index is 14.9. The third-order valence-corrected chi connectivity index (χ3v) is 9.31. The van der Waals surface area contributed by atoms with Crippen molar-refractivity contribution in [3.8, 4) is 22.6 Å². The molecular weight excluding hydrogens is 855 g/mol. The van der Waals surface area contributed by atoms with E-state index >= 15 is 0 Å². The van der Waals surface area contributed by atoms with Crippen LogP contribution in [0.1, 0.15) is 71.7 Å². The van der Waals surface area contributed by atoms with Gasteiger partial charge in [-0.25, -0.2) is 13.8 Å². The number of carbonyl (C=O) groups excluding carboxylic acids is 1. The summed E-state index contributed by atoms with van der Waals surface area (Å²) in [6, 6.07) is 9.59. The SMILES string of the molecule is COc1cc(F)c(C(C)C)cc1-c1ccc(C(F)(F)F)cc1C[NH2+][C@@H](C)[C@H](OC(=O)Oc1ccc(CCOP(=O)(O)O)cc1)c1cc(C(F)(F)F)cc(C(F)(F)F)c1.[Cl-]. The van der Waals surface area contributed by atoms with Crippen molar-refractivity contribution in [2.75, 3.05) is 13.7 Å². The standard InChI is InChI=1S/C38H36F10NO8P.ClH/c1-20(2)30-17-31(33(54-4)18-32(30)39)29-10-7-25(36(40,41)42)15-24(29)19-49-21(3)34(23-13-26(37(43,44)45)16-27(14-23)38(46,47)48)57-35(50)56-28-8-5-22(6-9-28)11-12-55-58(51,52)53;/h5-10,13-18,20-21,34,49H,11-12,19H2,1-4H3,(H2,51,52,53);1H/t21-,34-;/m0./s1. The Labute approximate surface area is 337 Å². The quantitative estimate of drug-likeness (QED) is 0.0550. The highest BCUT2D eigenvalue weighted by Gasteiger charge is 2.40. The zero-order valence-electron chi connectivity index (χ0n) is 31.3. The monoisotopic (exact) mass is 891 g/mol. The summed E-state index contributed by atoms with van der Waals surface area (Å²) in [6.45, 7) is 3.82. The number of hydrogen-bond acceptors (Lipinski definition) is 6. The second-order valence-corrected chi connectivity index (χ2v) is 14.6. The number of phosphoric acid groups is 1. The Hall–Kier alpha value is -4.39. The number of carbonyl (C=O) groups is 1. The first kappa shape index (κ1) is 49.0. The summed E-state index contributed by atoms with van der Waals surface area (Å²) in [5.74, 6) is -1.25. The van der Waals surface area contributed by atoms with Crippen LogP contribution in [0.3, 0.4) is 0 Å². The van der Waals surface area contributed by atoms with Gasteiger partial charge in [0.15, 0.2) is 6.10 Å². The van der Waals surface area contributed by atoms with Crippen LogP contribution in [0.5, 0.6) is 11.5 Å². The van der Waals surface area contributed by atoms with Crippen LogP contribution < -0.4 is 27.2 Å². The Bertz CT molecular complexity index is 2090. The number of methoxy groups -OCH3 is 1. The average Bonchev–Trinajstić information content (AvgIpc) is 3.11. The van der Waals surface area contributed by atoms with Crippen molar-refractivity contribution < 1.29 is 99.5 Å². The molecule has 0 heterocycles. The minimum Gasteiger partial charge on any atom is -1.00 e. The molecule has 0 bridgehead atoms. The number of phosphoric ester groups is 1. The van der Waals surface area contributed by atoms with Gasteiger partial charge >= 0.3 is 32.5 Å². The molecule has 2 atom stereocenters. The van der Waals surface area contributed by atoms with Crippen LogP contribution in [0, 0.1) is 5.82 Å². The largest absolute Gasteiger partial charge is 1.00 e. The smallest absolute Gasteiger partial charge is 0.514 e. The van der Waals surface area contributed by atoms with Crippen molar-refractivity contribution in [3.05, 3.63) is 118 Å². The molecule has 4 aromatic rings. The van der Waals surface area contributed by atoms with Gasteiger partial charge in [0.1, 0.15) is 29.9 Å². The summed E-state index contributed by atoms with van der Waals surface area (Å²) in [5, 5.41) is 1.23. The lowest BCUT2D eigenvalue weighted by Gasteiger charge is -2.25. The summed E-state index contributed by atoms with van der Waals surface area (Å²) in [6.07, 6.45) is -18.9. The van der Waals surface area contributed by atoms with Crippen LogP contribution in [0.4, 0.5) is 48.7 Å². The molecule has 0 saturated heterocycles. The summed E-state index contributed by atoms with van der Waals surface area (Å²) in [5.41, 5.74) is -4.36. The number of alkyl halides is 9. The molecule has 9 nitrogen and oxygen atoms in total. The fourth-order valence-corrected chi connectivity index (χ4v) is 6.21. The number of benzene rings is 4. The Balaban J connectivity index is 0.00000930. The zero-order chi connectivity index (χ0) is 43.4. The Morgan fingerprint density at radius 1 is 0.780 bits per heavy atom. The van der Waals surface area contributed by atoms with Crippen molar-refractivity contribution in [2.45, 2.75) is 70.3 Å². The highest BCUT2D eigenvalue weighted by molar-refractivity contribution is 7.46. The van der Waals surface area contributed by atoms with E-state index in [9.17, 15) is 53.3 Å². The fraction of sp³-hybridized carbons (Fsp3) is 0.342. The topological polar surface area (TPSA) is 128 Å². The lowest BCUT2D eigenvalue weighted by molar-refractivity contribution is -0.708. The molecule has 0 aromatic heterocycles. The van der Waals surface area contributed by atoms with Gasteiger partial charge in [0.25, 0.3) is 0 Å². The molecule has 0 saturated carbocycles. The van der Waals surface area contributed by atoms with E-state index in [0.29, 0.717) is 17.7 Å². The Morgan fingerprint density at radius 3 is 1.86 bits per heavy atom. The van der Waals surface area contributed by atoms with Crippen molar-refractivity contribution in [1.82, 2.24) is 0 Å². The number of ether oxygens (including phenoxy) is 3. The normalized spacial score (nSPS) is 13.4. The van der Waals surface area contributed by atoms with Crippen LogP contribution in [0.2, 0.25) is 0 Å². The molecule has 0 spiro atoms. The predicted molar refractivity (Wildman–Crippen MR) is 187 cm³/mol. The first-order chi connectivity index (χ1) is 26.8. The second-order valence-electron chi connectivity index (χ2n) is 13.3. The average molecular weight is 892 g/mol. The van der Waals surface area contributed by atoms with Crippen LogP contribution in [0.25, 0.3) is 11.1 Å². The first-order valence-electron chi connectivity index (χ1n) is 17.1. The molecule has 4 N–H and O–H groups in total. The molecule has 0 aliphatic carbocycles. The molecule has 21 heteroatoms. The van der Waals surface area contributed by atoms with Crippen LogP contribution in [0.15, 0.2) is 72.8 Å². The molecule has 0 amide bonds. The molecule has 0 aliphatic rings. The van der Waals surface area contributed by atoms with Gasteiger partial charge < -0.3 is 41.7 Å². The molecule has 324 valence electrons. The molecule has 0 radical (unpaired) electrons. The Kier molecular flexibility index (Phi) is 16.0. The highest BCUT2D eigenvalue weighted by atomic mass is 35.5. The van der Waals surface area contributed by atoms with E-state index in [1.165, 1.54) is 49.7 Å². The number of halogens is 11. The van der Waals surface area contributed by atoms with E-state index < -0.39 is 79.3 Å². The molecule has 4 rings (SSSR count). The van der Waals surface area contributed by atoms with Crippen molar-refractivity contribution in [3.63, 3.8) is 0 Å². The van der Waals surface area contributed by atoms with E-state index in [4.69, 9.17) is 24.0 Å².